The average molecular weight is 278 g/mol. The van der Waals surface area contributed by atoms with Crippen LogP contribution in [-0.4, -0.2) is 10.7 Å². The molecule has 0 saturated heterocycles. The predicted molar refractivity (Wildman–Crippen MR) is 55.8 cm³/mol. The van der Waals surface area contributed by atoms with Gasteiger partial charge in [-0.3, -0.25) is 14.9 Å². The van der Waals surface area contributed by atoms with Gasteiger partial charge in [-0.1, -0.05) is 11.6 Å². The second-order valence-electron chi connectivity index (χ2n) is 2.57. The zero-order chi connectivity index (χ0) is 10.9. The fourth-order valence-corrected chi connectivity index (χ4v) is 2.18. The first-order chi connectivity index (χ1) is 6.45. The molecule has 0 heterocycles. The number of hydrogen-bond donors (Lipinski definition) is 0. The lowest BCUT2D eigenvalue weighted by molar-refractivity contribution is -0.385. The van der Waals surface area contributed by atoms with E-state index < -0.39 is 4.92 Å². The van der Waals surface area contributed by atoms with Gasteiger partial charge in [-0.05, 0) is 28.9 Å². The van der Waals surface area contributed by atoms with Crippen molar-refractivity contribution in [3.63, 3.8) is 0 Å². The molecule has 0 unspecified atom stereocenters. The topological polar surface area (TPSA) is 60.2 Å². The molecule has 0 saturated carbocycles. The Morgan fingerprint density at radius 2 is 2.14 bits per heavy atom. The normalized spacial score (nSPS) is 9.93. The molecule has 1 rings (SSSR count). The molecule has 0 aliphatic rings. The van der Waals surface area contributed by atoms with Crippen LogP contribution >= 0.6 is 27.5 Å². The van der Waals surface area contributed by atoms with Crippen LogP contribution in [-0.2, 0) is 0 Å². The third-order valence-corrected chi connectivity index (χ3v) is 2.74. The first-order valence-corrected chi connectivity index (χ1v) is 4.75. The number of halogens is 2. The lowest BCUT2D eigenvalue weighted by Gasteiger charge is -2.03. The summed E-state index contributed by atoms with van der Waals surface area (Å²) in [6.07, 6.45) is 0. The highest BCUT2D eigenvalue weighted by molar-refractivity contribution is 9.10. The number of rotatable bonds is 2. The van der Waals surface area contributed by atoms with E-state index in [1.807, 2.05) is 0 Å². The predicted octanol–water partition coefficient (Wildman–Crippen LogP) is 3.21. The Hall–Kier alpha value is -0.940. The zero-order valence-electron chi connectivity index (χ0n) is 7.08. The smallest absolute Gasteiger partial charge is 0.284 e. The second kappa shape index (κ2) is 4.06. The summed E-state index contributed by atoms with van der Waals surface area (Å²) in [7, 11) is 0. The van der Waals surface area contributed by atoms with Crippen LogP contribution in [0.3, 0.4) is 0 Å². The summed E-state index contributed by atoms with van der Waals surface area (Å²) < 4.78 is 0.127. The Labute approximate surface area is 93.1 Å². The Bertz CT molecular complexity index is 419. The van der Waals surface area contributed by atoms with E-state index in [2.05, 4.69) is 15.9 Å². The van der Waals surface area contributed by atoms with Crippen molar-refractivity contribution < 1.29 is 9.72 Å². The van der Waals surface area contributed by atoms with Crippen LogP contribution in [0.15, 0.2) is 16.6 Å². The maximum absolute atomic E-state index is 11.1. The van der Waals surface area contributed by atoms with E-state index in [9.17, 15) is 14.9 Å². The fourth-order valence-electron chi connectivity index (χ4n) is 1.01. The van der Waals surface area contributed by atoms with Crippen LogP contribution in [0.2, 0.25) is 5.02 Å². The maximum atomic E-state index is 11.1. The molecule has 14 heavy (non-hydrogen) atoms. The van der Waals surface area contributed by atoms with Crippen molar-refractivity contribution in [3.8, 4) is 0 Å². The number of nitro groups is 1. The van der Waals surface area contributed by atoms with E-state index in [0.717, 1.165) is 0 Å². The summed E-state index contributed by atoms with van der Waals surface area (Å²) in [6.45, 7) is 1.30. The third-order valence-electron chi connectivity index (χ3n) is 1.62. The minimum Gasteiger partial charge on any atom is -0.294 e. The Morgan fingerprint density at radius 1 is 1.57 bits per heavy atom. The fraction of sp³-hybridized carbons (Fsp3) is 0.125. The molecular formula is C8H5BrClNO3. The van der Waals surface area contributed by atoms with E-state index in [1.165, 1.54) is 19.1 Å². The van der Waals surface area contributed by atoms with E-state index in [1.54, 1.807) is 0 Å². The molecular weight excluding hydrogens is 273 g/mol. The van der Waals surface area contributed by atoms with Gasteiger partial charge in [0.2, 0.25) is 0 Å². The first-order valence-electron chi connectivity index (χ1n) is 3.58. The summed E-state index contributed by atoms with van der Waals surface area (Å²) in [5.41, 5.74) is -0.0273. The SMILES string of the molecule is CC(=O)c1c(Cl)ccc([N+](=O)[O-])c1Br. The number of carbonyl (C=O) groups excluding carboxylic acids is 1. The first kappa shape index (κ1) is 11.1. The number of carbonyl (C=O) groups is 1. The van der Waals surface area contributed by atoms with Crippen LogP contribution in [0.5, 0.6) is 0 Å². The number of Topliss-reactive ketones (excluding diaryl/α,β-unsaturated/α-hetero) is 1. The van der Waals surface area contributed by atoms with E-state index in [0.29, 0.717) is 0 Å². The molecule has 74 valence electrons. The number of nitro benzene ring substituents is 1. The highest BCUT2D eigenvalue weighted by Crippen LogP contribution is 2.33. The minimum absolute atomic E-state index is 0.127. The molecule has 0 radical (unpaired) electrons. The molecule has 1 aromatic rings. The van der Waals surface area contributed by atoms with Crippen LogP contribution in [0.1, 0.15) is 17.3 Å². The quantitative estimate of drug-likeness (QED) is 0.474. The average Bonchev–Trinajstić information content (AvgIpc) is 2.02. The summed E-state index contributed by atoms with van der Waals surface area (Å²) in [5.74, 6) is -0.314. The standard InChI is InChI=1S/C8H5BrClNO3/c1-4(12)7-5(10)2-3-6(8(7)9)11(13)14/h2-3H,1H3. The van der Waals surface area contributed by atoms with Crippen LogP contribution in [0.4, 0.5) is 5.69 Å². The van der Waals surface area contributed by atoms with Crippen LogP contribution in [0.25, 0.3) is 0 Å². The van der Waals surface area contributed by atoms with Gasteiger partial charge in [-0.2, -0.15) is 0 Å². The van der Waals surface area contributed by atoms with E-state index >= 15 is 0 Å². The molecule has 0 aliphatic carbocycles. The summed E-state index contributed by atoms with van der Waals surface area (Å²) in [5, 5.41) is 10.7. The van der Waals surface area contributed by atoms with Gasteiger partial charge in [-0.25, -0.2) is 0 Å². The third kappa shape index (κ3) is 1.93. The van der Waals surface area contributed by atoms with E-state index in [-0.39, 0.29) is 26.5 Å². The monoisotopic (exact) mass is 277 g/mol. The van der Waals surface area contributed by atoms with Gasteiger partial charge >= 0.3 is 0 Å². The molecule has 0 aromatic heterocycles. The molecule has 0 spiro atoms. The van der Waals surface area contributed by atoms with Gasteiger partial charge in [0.15, 0.2) is 5.78 Å². The van der Waals surface area contributed by atoms with Crippen LogP contribution in [0, 0.1) is 10.1 Å². The molecule has 0 fully saturated rings. The molecule has 4 nitrogen and oxygen atoms in total. The largest absolute Gasteiger partial charge is 0.294 e. The van der Waals surface area contributed by atoms with Crippen molar-refractivity contribution in [2.75, 3.05) is 0 Å². The summed E-state index contributed by atoms with van der Waals surface area (Å²) in [6, 6.07) is 2.58. The molecule has 0 amide bonds. The van der Waals surface area contributed by atoms with Crippen LogP contribution < -0.4 is 0 Å². The lowest BCUT2D eigenvalue weighted by atomic mass is 10.1. The number of ketones is 1. The maximum Gasteiger partial charge on any atom is 0.284 e. The van der Waals surface area contributed by atoms with Crippen molar-refractivity contribution >= 4 is 39.0 Å². The Kier molecular flexibility index (Phi) is 3.23. The van der Waals surface area contributed by atoms with Crippen molar-refractivity contribution in [3.05, 3.63) is 37.3 Å². The molecule has 0 atom stereocenters. The highest BCUT2D eigenvalue weighted by Gasteiger charge is 2.20. The Morgan fingerprint density at radius 3 is 2.57 bits per heavy atom. The number of benzene rings is 1. The minimum atomic E-state index is -0.577. The van der Waals surface area contributed by atoms with Gasteiger partial charge in [0, 0.05) is 6.07 Å². The summed E-state index contributed by atoms with van der Waals surface area (Å²) in [4.78, 5) is 21.1. The molecule has 6 heteroatoms. The van der Waals surface area contributed by atoms with Crippen molar-refractivity contribution in [1.82, 2.24) is 0 Å². The van der Waals surface area contributed by atoms with Gasteiger partial charge in [0.25, 0.3) is 5.69 Å². The number of nitrogens with zero attached hydrogens (tertiary/aromatic N) is 1. The van der Waals surface area contributed by atoms with Crippen molar-refractivity contribution in [2.24, 2.45) is 0 Å². The highest BCUT2D eigenvalue weighted by atomic mass is 79.9. The molecule has 0 N–H and O–H groups in total. The second-order valence-corrected chi connectivity index (χ2v) is 3.77. The van der Waals surface area contributed by atoms with Crippen molar-refractivity contribution in [1.29, 1.82) is 0 Å². The van der Waals surface area contributed by atoms with Gasteiger partial charge < -0.3 is 0 Å². The van der Waals surface area contributed by atoms with E-state index in [4.69, 9.17) is 11.6 Å². The van der Waals surface area contributed by atoms with Crippen molar-refractivity contribution in [2.45, 2.75) is 6.92 Å². The molecule has 1 aromatic carbocycles. The molecule has 0 bridgehead atoms. The Balaban J connectivity index is 3.49. The summed E-state index contributed by atoms with van der Waals surface area (Å²) >= 11 is 8.71. The molecule has 0 aliphatic heterocycles. The lowest BCUT2D eigenvalue weighted by Crippen LogP contribution is -1.99. The zero-order valence-corrected chi connectivity index (χ0v) is 9.42. The number of hydrogen-bond acceptors (Lipinski definition) is 3. The van der Waals surface area contributed by atoms with Gasteiger partial charge in [0.05, 0.1) is 15.5 Å². The van der Waals surface area contributed by atoms with Gasteiger partial charge in [-0.15, -0.1) is 0 Å². The van der Waals surface area contributed by atoms with Gasteiger partial charge in [0.1, 0.15) is 4.47 Å².